The Kier molecular flexibility index (Phi) is 20.7. The van der Waals surface area contributed by atoms with Crippen LogP contribution in [0.4, 0.5) is 35.9 Å². The molecule has 8 rings (SSSR count). The Morgan fingerprint density at radius 3 is 2.07 bits per heavy atom. The van der Waals surface area contributed by atoms with Crippen molar-refractivity contribution in [1.29, 1.82) is 0 Å². The van der Waals surface area contributed by atoms with Crippen molar-refractivity contribution in [1.82, 2.24) is 14.2 Å². The van der Waals surface area contributed by atoms with E-state index in [1.165, 1.54) is 17.8 Å². The summed E-state index contributed by atoms with van der Waals surface area (Å²) in [6.07, 6.45) is 1.70. The van der Waals surface area contributed by atoms with E-state index >= 15 is 0 Å². The van der Waals surface area contributed by atoms with Crippen LogP contribution in [0.2, 0.25) is 5.02 Å². The van der Waals surface area contributed by atoms with Crippen molar-refractivity contribution in [2.24, 2.45) is 5.92 Å². The number of rotatable bonds is 23. The summed E-state index contributed by atoms with van der Waals surface area (Å²) in [6.45, 7) is 9.53. The molecule has 3 heterocycles. The van der Waals surface area contributed by atoms with Gasteiger partial charge in [-0.1, -0.05) is 54.1 Å². The third-order valence-electron chi connectivity index (χ3n) is 14.3. The molecule has 26 heteroatoms. The summed E-state index contributed by atoms with van der Waals surface area (Å²) >= 11 is 8.74. The van der Waals surface area contributed by atoms with E-state index in [2.05, 4.69) is 29.5 Å². The predicted molar refractivity (Wildman–Crippen MR) is 324 cm³/mol. The molecule has 6 aromatic rings. The smallest absolute Gasteiger partial charge is 0.465 e. The number of hydrogen-bond acceptors (Lipinski definition) is 15. The number of benzene rings is 5. The minimum Gasteiger partial charge on any atom is -0.465 e. The zero-order valence-electron chi connectivity index (χ0n) is 46.0. The molecule has 0 spiro atoms. The Hall–Kier alpha value is -5.69. The average Bonchev–Trinajstić information content (AvgIpc) is 3.48. The molecule has 446 valence electrons. The van der Waals surface area contributed by atoms with Gasteiger partial charge in [0.05, 0.1) is 35.3 Å². The van der Waals surface area contributed by atoms with Crippen molar-refractivity contribution >= 4 is 97.4 Å². The van der Waals surface area contributed by atoms with Gasteiger partial charge in [0, 0.05) is 93.7 Å². The number of piperazine rings is 1. The molecule has 0 unspecified atom stereocenters. The summed E-state index contributed by atoms with van der Waals surface area (Å²) in [5.74, 6) is -1.31. The van der Waals surface area contributed by atoms with Gasteiger partial charge in [-0.25, -0.2) is 21.6 Å². The molecule has 0 saturated carbocycles. The predicted octanol–water partition coefficient (Wildman–Crippen LogP) is 11.2. The molecule has 2 aliphatic heterocycles. The molecule has 1 atom stereocenters. The molecule has 2 aliphatic rings. The van der Waals surface area contributed by atoms with Crippen molar-refractivity contribution in [2.75, 3.05) is 90.4 Å². The van der Waals surface area contributed by atoms with Crippen LogP contribution in [0, 0.1) is 12.8 Å². The van der Waals surface area contributed by atoms with Crippen LogP contribution in [0.5, 0.6) is 0 Å². The summed E-state index contributed by atoms with van der Waals surface area (Å²) in [4.78, 5) is 51.4. The Morgan fingerprint density at radius 1 is 0.807 bits per heavy atom. The number of nitrogens with one attached hydrogen (secondary N) is 3. The molecule has 0 radical (unpaired) electrons. The molecule has 5 N–H and O–H groups in total. The number of ether oxygens (including phenoxy) is 1. The lowest BCUT2D eigenvalue weighted by Crippen LogP contribution is -2.46. The van der Waals surface area contributed by atoms with Crippen LogP contribution in [0.15, 0.2) is 136 Å². The number of halogens is 4. The number of alkyl halides is 3. The van der Waals surface area contributed by atoms with Crippen LogP contribution in [-0.2, 0) is 34.0 Å². The van der Waals surface area contributed by atoms with Crippen LogP contribution in [0.3, 0.4) is 0 Å². The number of nitrogens with zero attached hydrogens (tertiary/aromatic N) is 4. The first-order chi connectivity index (χ1) is 39.2. The Morgan fingerprint density at radius 2 is 1.46 bits per heavy atom. The molecule has 5 aromatic carbocycles. The highest BCUT2D eigenvalue weighted by Gasteiger charge is 2.48. The second-order valence-electron chi connectivity index (χ2n) is 20.7. The van der Waals surface area contributed by atoms with E-state index in [-0.39, 0.29) is 28.8 Å². The SMILES string of the molecule is Cc1c(C(=O)NS(C)(=O)=O)c(-c2cccc(N3CCN(c4ccc(NSc5ccc(N[C@H](CCN6CCC(C(=O)OCCP(=O)(O)O)CC6)CSc6ccccc6)c(S(=O)(=O)C(F)(F)F)c5)cc4)CC3)c2)c(-c2ccc(Cl)cc2)n1C(C)C. The third kappa shape index (κ3) is 16.6. The molecule has 2 saturated heterocycles. The minimum atomic E-state index is -5.83. The number of esters is 1. The van der Waals surface area contributed by atoms with Gasteiger partial charge in [-0.2, -0.15) is 13.2 Å². The lowest BCUT2D eigenvalue weighted by atomic mass is 9.96. The lowest BCUT2D eigenvalue weighted by molar-refractivity contribution is -0.149. The van der Waals surface area contributed by atoms with Crippen LogP contribution in [0.1, 0.15) is 55.2 Å². The first kappa shape index (κ1) is 63.3. The highest BCUT2D eigenvalue weighted by atomic mass is 35.5. The number of carbonyl (C=O) groups is 2. The zero-order chi connectivity index (χ0) is 59.9. The van der Waals surface area contributed by atoms with Crippen molar-refractivity contribution in [3.8, 4) is 22.4 Å². The Balaban J connectivity index is 0.927. The van der Waals surface area contributed by atoms with Gasteiger partial charge in [0.25, 0.3) is 15.7 Å². The van der Waals surface area contributed by atoms with Gasteiger partial charge in [-0.15, -0.1) is 11.8 Å². The van der Waals surface area contributed by atoms with Gasteiger partial charge >= 0.3 is 19.1 Å². The number of thioether (sulfide) groups is 1. The van der Waals surface area contributed by atoms with E-state index in [4.69, 9.17) is 26.1 Å². The van der Waals surface area contributed by atoms with Gasteiger partial charge in [-0.3, -0.25) is 14.2 Å². The quantitative estimate of drug-likeness (QED) is 0.0174. The first-order valence-electron chi connectivity index (χ1n) is 26.7. The van der Waals surface area contributed by atoms with E-state index in [0.717, 1.165) is 57.4 Å². The largest absolute Gasteiger partial charge is 0.501 e. The standard InChI is InChI=1S/C57H66ClF3N7O10PS4/c1-38(2)68-39(3)52(55(69)64-82(4,74)75)53(54(68)40-13-15-43(58)16-14-40)42-9-8-10-47(35-42)67-31-29-66(30-32-67)46-19-17-44(18-20-46)63-81-49-21-22-50(51(36-49)83(76,77)57(59,60)61)62-45(37-80-48-11-6-5-7-12-48)25-28-65-26-23-41(24-27-65)56(70)78-33-34-79(71,72)73/h5-22,35-36,38,41,45,62-63H,23-34,37H2,1-4H3,(H,64,69)(H2,71,72,73)/t45-/m1/s1. The third-order valence-corrected chi connectivity index (χ3v) is 19.4. The Bertz CT molecular complexity index is 3530. The Labute approximate surface area is 496 Å². The van der Waals surface area contributed by atoms with E-state index in [0.29, 0.717) is 92.8 Å². The summed E-state index contributed by atoms with van der Waals surface area (Å²) in [7, 11) is -14.0. The zero-order valence-corrected chi connectivity index (χ0v) is 50.9. The van der Waals surface area contributed by atoms with Crippen molar-refractivity contribution in [3.63, 3.8) is 0 Å². The molecule has 0 aliphatic carbocycles. The lowest BCUT2D eigenvalue weighted by Gasteiger charge is -2.37. The topological polar surface area (TPSA) is 220 Å². The highest BCUT2D eigenvalue weighted by molar-refractivity contribution is 8.00. The maximum atomic E-state index is 14.4. The second-order valence-corrected chi connectivity index (χ2v) is 28.5. The van der Waals surface area contributed by atoms with Crippen molar-refractivity contribution < 1.29 is 58.7 Å². The van der Waals surface area contributed by atoms with E-state index in [1.807, 2.05) is 116 Å². The maximum absolute atomic E-state index is 14.4. The van der Waals surface area contributed by atoms with Gasteiger partial charge < -0.3 is 43.8 Å². The summed E-state index contributed by atoms with van der Waals surface area (Å²) in [5, 5.41) is 3.69. The number of piperidine rings is 1. The highest BCUT2D eigenvalue weighted by Crippen LogP contribution is 2.43. The number of hydrogen-bond donors (Lipinski definition) is 5. The summed E-state index contributed by atoms with van der Waals surface area (Å²) < 4.78 is 118. The fourth-order valence-electron chi connectivity index (χ4n) is 10.2. The number of anilines is 4. The maximum Gasteiger partial charge on any atom is 0.501 e. The molecular formula is C57H66ClF3N7O10PS4. The minimum absolute atomic E-state index is 0.0964. The number of sulfonamides is 1. The van der Waals surface area contributed by atoms with Gasteiger partial charge in [0.15, 0.2) is 0 Å². The number of amides is 1. The summed E-state index contributed by atoms with van der Waals surface area (Å²) in [6, 6.07) is 35.4. The second kappa shape index (κ2) is 27.1. The molecule has 0 bridgehead atoms. The van der Waals surface area contributed by atoms with Crippen molar-refractivity contribution in [3.05, 3.63) is 138 Å². The fraction of sp³-hybridized carbons (Fsp3) is 0.368. The summed E-state index contributed by atoms with van der Waals surface area (Å²) in [5.41, 5.74) is 0.436. The normalized spacial score (nSPS) is 15.3. The van der Waals surface area contributed by atoms with Crippen LogP contribution in [-0.4, -0.2) is 130 Å². The van der Waals surface area contributed by atoms with E-state index in [1.54, 1.807) is 18.2 Å². The number of carbonyl (C=O) groups excluding carboxylic acids is 2. The molecule has 1 aromatic heterocycles. The van der Waals surface area contributed by atoms with Crippen LogP contribution < -0.4 is 24.6 Å². The van der Waals surface area contributed by atoms with Crippen LogP contribution in [0.25, 0.3) is 22.4 Å². The number of aromatic nitrogens is 1. The molecule has 83 heavy (non-hydrogen) atoms. The van der Waals surface area contributed by atoms with Gasteiger partial charge in [0.2, 0.25) is 10.0 Å². The molecular weight excluding hydrogens is 1190 g/mol. The average molecular weight is 1260 g/mol. The first-order valence-corrected chi connectivity index (χ1v) is 34.1. The number of likely N-dealkylation sites (tertiary alicyclic amines) is 1. The van der Waals surface area contributed by atoms with E-state index < -0.39 is 67.9 Å². The molecule has 2 fully saturated rings. The van der Waals surface area contributed by atoms with Gasteiger partial charge in [-0.05, 0) is 155 Å². The molecule has 17 nitrogen and oxygen atoms in total. The van der Waals surface area contributed by atoms with E-state index in [9.17, 15) is 44.2 Å². The number of sulfone groups is 1. The fourth-order valence-corrected chi connectivity index (χ4v) is 13.8. The van der Waals surface area contributed by atoms with Crippen molar-refractivity contribution in [2.45, 2.75) is 72.3 Å². The van der Waals surface area contributed by atoms with Gasteiger partial charge in [0.1, 0.15) is 11.5 Å². The monoisotopic (exact) mass is 1260 g/mol. The molecule has 1 amide bonds. The van der Waals surface area contributed by atoms with Crippen LogP contribution >= 0.6 is 42.9 Å².